The van der Waals surface area contributed by atoms with Gasteiger partial charge in [-0.25, -0.2) is 10.2 Å². The molecule has 5 nitrogen and oxygen atoms in total. The van der Waals surface area contributed by atoms with Gasteiger partial charge in [-0.1, -0.05) is 45.7 Å². The van der Waals surface area contributed by atoms with Crippen molar-refractivity contribution < 1.29 is 14.3 Å². The standard InChI is InChI=1S/C21H14BrClN2O3/c22-17-6-3-5-15(12-17)20(26)25-24-13-16-4-1-2-7-19(16)28-21(27)14-8-10-18(23)11-9-14/h1-13H,(H,25,26)/b24-13-. The summed E-state index contributed by atoms with van der Waals surface area (Å²) in [4.78, 5) is 24.4. The quantitative estimate of drug-likeness (QED) is 0.251. The highest BCUT2D eigenvalue weighted by Gasteiger charge is 2.11. The third kappa shape index (κ3) is 5.28. The lowest BCUT2D eigenvalue weighted by Gasteiger charge is -2.07. The smallest absolute Gasteiger partial charge is 0.343 e. The monoisotopic (exact) mass is 456 g/mol. The topological polar surface area (TPSA) is 67.8 Å². The summed E-state index contributed by atoms with van der Waals surface area (Å²) >= 11 is 9.15. The van der Waals surface area contributed by atoms with Crippen LogP contribution in [0, 0.1) is 0 Å². The molecule has 0 spiro atoms. The normalized spacial score (nSPS) is 10.6. The molecule has 0 aliphatic carbocycles. The fourth-order valence-electron chi connectivity index (χ4n) is 2.28. The number of carbonyl (C=O) groups is 2. The molecule has 0 aromatic heterocycles. The molecule has 28 heavy (non-hydrogen) atoms. The predicted molar refractivity (Wildman–Crippen MR) is 112 cm³/mol. The number of nitrogens with zero attached hydrogens (tertiary/aromatic N) is 1. The Bertz CT molecular complexity index is 1040. The minimum Gasteiger partial charge on any atom is -0.422 e. The van der Waals surface area contributed by atoms with Crippen molar-refractivity contribution in [3.8, 4) is 5.75 Å². The Morgan fingerprint density at radius 1 is 0.964 bits per heavy atom. The zero-order valence-corrected chi connectivity index (χ0v) is 16.8. The molecule has 140 valence electrons. The van der Waals surface area contributed by atoms with Gasteiger partial charge in [0.1, 0.15) is 5.75 Å². The Morgan fingerprint density at radius 2 is 1.71 bits per heavy atom. The SMILES string of the molecule is O=C(N/N=C\c1ccccc1OC(=O)c1ccc(Cl)cc1)c1cccc(Br)c1. The molecule has 0 atom stereocenters. The average molecular weight is 458 g/mol. The van der Waals surface area contributed by atoms with Crippen LogP contribution in [0.15, 0.2) is 82.4 Å². The van der Waals surface area contributed by atoms with Gasteiger partial charge >= 0.3 is 5.97 Å². The van der Waals surface area contributed by atoms with Crippen molar-refractivity contribution in [2.75, 3.05) is 0 Å². The van der Waals surface area contributed by atoms with E-state index in [9.17, 15) is 9.59 Å². The number of para-hydroxylation sites is 1. The van der Waals surface area contributed by atoms with Gasteiger partial charge in [0.2, 0.25) is 0 Å². The van der Waals surface area contributed by atoms with Crippen molar-refractivity contribution in [1.82, 2.24) is 5.43 Å². The molecule has 7 heteroatoms. The summed E-state index contributed by atoms with van der Waals surface area (Å²) in [5.74, 6) is -0.549. The summed E-state index contributed by atoms with van der Waals surface area (Å²) in [5, 5.41) is 4.48. The van der Waals surface area contributed by atoms with Crippen LogP contribution < -0.4 is 10.2 Å². The molecule has 0 aliphatic heterocycles. The molecule has 0 fully saturated rings. The Kier molecular flexibility index (Phi) is 6.57. The lowest BCUT2D eigenvalue weighted by Crippen LogP contribution is -2.17. The fraction of sp³-hybridized carbons (Fsp3) is 0. The van der Waals surface area contributed by atoms with E-state index in [0.29, 0.717) is 27.5 Å². The number of esters is 1. The maximum absolute atomic E-state index is 12.3. The van der Waals surface area contributed by atoms with Gasteiger partial charge in [-0.05, 0) is 54.6 Å². The second-order valence-electron chi connectivity index (χ2n) is 5.64. The van der Waals surface area contributed by atoms with Crippen molar-refractivity contribution in [1.29, 1.82) is 0 Å². The van der Waals surface area contributed by atoms with Crippen LogP contribution in [-0.4, -0.2) is 18.1 Å². The van der Waals surface area contributed by atoms with E-state index in [-0.39, 0.29) is 5.91 Å². The second kappa shape index (κ2) is 9.30. The zero-order chi connectivity index (χ0) is 19.9. The maximum atomic E-state index is 12.3. The first-order valence-electron chi connectivity index (χ1n) is 8.19. The van der Waals surface area contributed by atoms with Gasteiger partial charge in [0, 0.05) is 20.6 Å². The first-order valence-corrected chi connectivity index (χ1v) is 9.36. The van der Waals surface area contributed by atoms with Crippen molar-refractivity contribution in [3.63, 3.8) is 0 Å². The van der Waals surface area contributed by atoms with Crippen LogP contribution in [0.25, 0.3) is 0 Å². The van der Waals surface area contributed by atoms with E-state index in [1.54, 1.807) is 66.7 Å². The lowest BCUT2D eigenvalue weighted by molar-refractivity contribution is 0.0734. The van der Waals surface area contributed by atoms with Gasteiger partial charge in [-0.3, -0.25) is 4.79 Å². The summed E-state index contributed by atoms with van der Waals surface area (Å²) in [7, 11) is 0. The Hall–Kier alpha value is -2.96. The third-order valence-corrected chi connectivity index (χ3v) is 4.40. The van der Waals surface area contributed by atoms with E-state index in [1.165, 1.54) is 6.21 Å². The van der Waals surface area contributed by atoms with E-state index >= 15 is 0 Å². The second-order valence-corrected chi connectivity index (χ2v) is 7.00. The minimum absolute atomic E-state index is 0.322. The van der Waals surface area contributed by atoms with Crippen LogP contribution in [0.1, 0.15) is 26.3 Å². The number of hydrogen-bond donors (Lipinski definition) is 1. The largest absolute Gasteiger partial charge is 0.422 e. The summed E-state index contributed by atoms with van der Waals surface area (Å²) < 4.78 is 6.23. The van der Waals surface area contributed by atoms with E-state index in [4.69, 9.17) is 16.3 Å². The number of rotatable bonds is 5. The van der Waals surface area contributed by atoms with Gasteiger partial charge < -0.3 is 4.74 Å². The Morgan fingerprint density at radius 3 is 2.46 bits per heavy atom. The van der Waals surface area contributed by atoms with Gasteiger partial charge in [0.05, 0.1) is 11.8 Å². The molecule has 0 unspecified atom stereocenters. The maximum Gasteiger partial charge on any atom is 0.343 e. The predicted octanol–water partition coefficient (Wildman–Crippen LogP) is 5.09. The van der Waals surface area contributed by atoms with E-state index in [2.05, 4.69) is 26.5 Å². The van der Waals surface area contributed by atoms with Crippen LogP contribution in [0.5, 0.6) is 5.75 Å². The molecule has 0 saturated heterocycles. The summed E-state index contributed by atoms with van der Waals surface area (Å²) in [5.41, 5.74) is 3.83. The summed E-state index contributed by atoms with van der Waals surface area (Å²) in [6, 6.07) is 20.2. The van der Waals surface area contributed by atoms with Gasteiger partial charge in [0.15, 0.2) is 0 Å². The van der Waals surface area contributed by atoms with Crippen LogP contribution in [0.2, 0.25) is 5.02 Å². The highest BCUT2D eigenvalue weighted by molar-refractivity contribution is 9.10. The molecule has 0 radical (unpaired) electrons. The third-order valence-electron chi connectivity index (χ3n) is 3.66. The Labute approximate surface area is 175 Å². The minimum atomic E-state index is -0.518. The molecule has 1 amide bonds. The van der Waals surface area contributed by atoms with Gasteiger partial charge in [0.25, 0.3) is 5.91 Å². The van der Waals surface area contributed by atoms with Gasteiger partial charge in [-0.15, -0.1) is 0 Å². The van der Waals surface area contributed by atoms with Crippen LogP contribution in [-0.2, 0) is 0 Å². The molecule has 3 aromatic carbocycles. The van der Waals surface area contributed by atoms with Crippen molar-refractivity contribution in [2.45, 2.75) is 0 Å². The summed E-state index contributed by atoms with van der Waals surface area (Å²) in [6.45, 7) is 0. The number of hydrazone groups is 1. The zero-order valence-electron chi connectivity index (χ0n) is 14.4. The number of amides is 1. The molecule has 3 rings (SSSR count). The number of benzene rings is 3. The molecular weight excluding hydrogens is 444 g/mol. The van der Waals surface area contributed by atoms with Crippen LogP contribution in [0.4, 0.5) is 0 Å². The first kappa shape index (κ1) is 19.8. The highest BCUT2D eigenvalue weighted by atomic mass is 79.9. The lowest BCUT2D eigenvalue weighted by atomic mass is 10.2. The average Bonchev–Trinajstić information content (AvgIpc) is 2.69. The van der Waals surface area contributed by atoms with Crippen LogP contribution in [0.3, 0.4) is 0 Å². The number of carbonyl (C=O) groups excluding carboxylic acids is 2. The Balaban J connectivity index is 1.69. The van der Waals surface area contributed by atoms with Crippen molar-refractivity contribution in [3.05, 3.63) is 99.0 Å². The van der Waals surface area contributed by atoms with Crippen molar-refractivity contribution in [2.24, 2.45) is 5.10 Å². The number of halogens is 2. The fourth-order valence-corrected chi connectivity index (χ4v) is 2.80. The molecule has 0 bridgehead atoms. The molecule has 0 aliphatic rings. The number of nitrogens with one attached hydrogen (secondary N) is 1. The van der Waals surface area contributed by atoms with E-state index in [0.717, 1.165) is 4.47 Å². The van der Waals surface area contributed by atoms with E-state index < -0.39 is 5.97 Å². The molecule has 0 heterocycles. The highest BCUT2D eigenvalue weighted by Crippen LogP contribution is 2.18. The van der Waals surface area contributed by atoms with Crippen molar-refractivity contribution >= 4 is 45.6 Å². The van der Waals surface area contributed by atoms with E-state index in [1.807, 2.05) is 6.07 Å². The number of ether oxygens (including phenoxy) is 1. The molecule has 0 saturated carbocycles. The number of hydrogen-bond acceptors (Lipinski definition) is 4. The first-order chi connectivity index (χ1) is 13.5. The molecule has 3 aromatic rings. The van der Waals surface area contributed by atoms with Crippen LogP contribution >= 0.6 is 27.5 Å². The molecule has 1 N–H and O–H groups in total. The van der Waals surface area contributed by atoms with Gasteiger partial charge in [-0.2, -0.15) is 5.10 Å². The molecular formula is C21H14BrClN2O3. The summed E-state index contributed by atoms with van der Waals surface area (Å²) in [6.07, 6.45) is 1.42.